The maximum absolute atomic E-state index is 12.1. The number of aryl methyl sites for hydroxylation is 1. The van der Waals surface area contributed by atoms with Gasteiger partial charge < -0.3 is 15.5 Å². The highest BCUT2D eigenvalue weighted by Gasteiger charge is 2.17. The summed E-state index contributed by atoms with van der Waals surface area (Å²) < 4.78 is 0. The number of nitrogens with one attached hydrogen (secondary N) is 2. The number of benzene rings is 2. The maximum atomic E-state index is 12.1. The first-order valence-corrected chi connectivity index (χ1v) is 9.18. The molecule has 1 saturated heterocycles. The summed E-state index contributed by atoms with van der Waals surface area (Å²) in [6.07, 6.45) is 3.47. The fraction of sp³-hybridized carbons (Fsp3) is 0.300. The van der Waals surface area contributed by atoms with Crippen molar-refractivity contribution in [1.29, 1.82) is 0 Å². The van der Waals surface area contributed by atoms with Gasteiger partial charge in [-0.1, -0.05) is 29.8 Å². The molecule has 5 nitrogen and oxygen atoms in total. The highest BCUT2D eigenvalue weighted by molar-refractivity contribution is 6.30. The number of rotatable bonds is 5. The molecule has 0 aliphatic carbocycles. The van der Waals surface area contributed by atoms with Gasteiger partial charge in [-0.25, -0.2) is 4.79 Å². The van der Waals surface area contributed by atoms with Crippen molar-refractivity contribution in [2.75, 3.05) is 23.7 Å². The fourth-order valence-electron chi connectivity index (χ4n) is 2.99. The van der Waals surface area contributed by atoms with Gasteiger partial charge in [-0.05, 0) is 55.2 Å². The van der Waals surface area contributed by atoms with Gasteiger partial charge in [0.05, 0.1) is 0 Å². The van der Waals surface area contributed by atoms with Gasteiger partial charge in [0.25, 0.3) is 0 Å². The van der Waals surface area contributed by atoms with Crippen LogP contribution in [0.3, 0.4) is 0 Å². The molecule has 1 fully saturated rings. The smallest absolute Gasteiger partial charge is 0.323 e. The quantitative estimate of drug-likeness (QED) is 0.810. The molecule has 136 valence electrons. The lowest BCUT2D eigenvalue weighted by molar-refractivity contribution is -0.130. The molecule has 0 radical (unpaired) electrons. The average Bonchev–Trinajstić information content (AvgIpc) is 3.15. The van der Waals surface area contributed by atoms with Crippen molar-refractivity contribution in [3.8, 4) is 0 Å². The second-order valence-electron chi connectivity index (χ2n) is 6.37. The lowest BCUT2D eigenvalue weighted by Crippen LogP contribution is -2.27. The number of hydrogen-bond acceptors (Lipinski definition) is 2. The number of likely N-dealkylation sites (tertiary alicyclic amines) is 1. The standard InChI is InChI=1S/C20H22ClN3O2/c21-16-4-3-5-18(14-16)23-20(26)22-17-9-6-15(7-10-17)8-11-19(25)24-12-1-2-13-24/h3-7,9-10,14H,1-2,8,11-13H2,(H2,22,23,26). The molecule has 0 aromatic heterocycles. The van der Waals surface area contributed by atoms with Crippen LogP contribution in [0, 0.1) is 0 Å². The van der Waals surface area contributed by atoms with Gasteiger partial charge in [0.15, 0.2) is 0 Å². The van der Waals surface area contributed by atoms with Crippen LogP contribution in [0.4, 0.5) is 16.2 Å². The van der Waals surface area contributed by atoms with Crippen LogP contribution < -0.4 is 10.6 Å². The molecule has 2 aromatic carbocycles. The zero-order chi connectivity index (χ0) is 18.4. The Labute approximate surface area is 158 Å². The van der Waals surface area contributed by atoms with Crippen LogP contribution in [0.5, 0.6) is 0 Å². The second-order valence-corrected chi connectivity index (χ2v) is 6.81. The Bertz CT molecular complexity index is 771. The van der Waals surface area contributed by atoms with E-state index in [1.54, 1.807) is 24.3 Å². The zero-order valence-corrected chi connectivity index (χ0v) is 15.3. The SMILES string of the molecule is O=C(Nc1ccc(CCC(=O)N2CCCC2)cc1)Nc1cccc(Cl)c1. The van der Waals surface area contributed by atoms with Crippen LogP contribution in [-0.4, -0.2) is 29.9 Å². The van der Waals surface area contributed by atoms with Gasteiger partial charge in [-0.15, -0.1) is 0 Å². The predicted octanol–water partition coefficient (Wildman–Crippen LogP) is 4.54. The summed E-state index contributed by atoms with van der Waals surface area (Å²) in [5, 5.41) is 6.08. The van der Waals surface area contributed by atoms with Crippen molar-refractivity contribution >= 4 is 34.9 Å². The molecule has 6 heteroatoms. The zero-order valence-electron chi connectivity index (χ0n) is 14.5. The molecule has 0 bridgehead atoms. The Morgan fingerprint density at radius 2 is 1.65 bits per heavy atom. The second kappa shape index (κ2) is 8.72. The highest BCUT2D eigenvalue weighted by Crippen LogP contribution is 2.16. The number of carbonyl (C=O) groups is 2. The summed E-state index contributed by atoms with van der Waals surface area (Å²) in [5.74, 6) is 0.227. The number of halogens is 1. The maximum Gasteiger partial charge on any atom is 0.323 e. The van der Waals surface area contributed by atoms with Crippen LogP contribution in [0.1, 0.15) is 24.8 Å². The molecule has 1 aliphatic heterocycles. The lowest BCUT2D eigenvalue weighted by atomic mass is 10.1. The van der Waals surface area contributed by atoms with Crippen LogP contribution in [0.2, 0.25) is 5.02 Å². The first-order valence-electron chi connectivity index (χ1n) is 8.80. The number of nitrogens with zero attached hydrogens (tertiary/aromatic N) is 1. The summed E-state index contributed by atoms with van der Waals surface area (Å²) in [4.78, 5) is 26.0. The molecule has 0 saturated carbocycles. The third-order valence-corrected chi connectivity index (χ3v) is 4.62. The Balaban J connectivity index is 1.47. The predicted molar refractivity (Wildman–Crippen MR) is 105 cm³/mol. The molecular formula is C20H22ClN3O2. The topological polar surface area (TPSA) is 61.4 Å². The van der Waals surface area contributed by atoms with Crippen LogP contribution in [0.25, 0.3) is 0 Å². The van der Waals surface area contributed by atoms with Gasteiger partial charge in [0.2, 0.25) is 5.91 Å². The van der Waals surface area contributed by atoms with E-state index < -0.39 is 0 Å². The third kappa shape index (κ3) is 5.23. The molecule has 0 unspecified atom stereocenters. The summed E-state index contributed by atoms with van der Waals surface area (Å²) in [6.45, 7) is 1.78. The van der Waals surface area contributed by atoms with Crippen molar-refractivity contribution in [2.45, 2.75) is 25.7 Å². The number of carbonyl (C=O) groups excluding carboxylic acids is 2. The number of hydrogen-bond donors (Lipinski definition) is 2. The lowest BCUT2D eigenvalue weighted by Gasteiger charge is -2.15. The highest BCUT2D eigenvalue weighted by atomic mass is 35.5. The monoisotopic (exact) mass is 371 g/mol. The minimum absolute atomic E-state index is 0.227. The first kappa shape index (κ1) is 18.3. The van der Waals surface area contributed by atoms with E-state index in [0.29, 0.717) is 29.2 Å². The van der Waals surface area contributed by atoms with E-state index in [9.17, 15) is 9.59 Å². The van der Waals surface area contributed by atoms with E-state index in [-0.39, 0.29) is 11.9 Å². The first-order chi connectivity index (χ1) is 12.6. The molecule has 0 atom stereocenters. The summed E-state index contributed by atoms with van der Waals surface area (Å²) in [5.41, 5.74) is 2.41. The van der Waals surface area contributed by atoms with Gasteiger partial charge >= 0.3 is 6.03 Å². The van der Waals surface area contributed by atoms with E-state index in [2.05, 4.69) is 10.6 Å². The normalized spacial score (nSPS) is 13.5. The van der Waals surface area contributed by atoms with Gasteiger partial charge in [-0.3, -0.25) is 4.79 Å². The third-order valence-electron chi connectivity index (χ3n) is 4.38. The Morgan fingerprint density at radius 1 is 0.962 bits per heavy atom. The van der Waals surface area contributed by atoms with Crippen LogP contribution in [0.15, 0.2) is 48.5 Å². The summed E-state index contributed by atoms with van der Waals surface area (Å²) >= 11 is 5.90. The molecule has 2 aromatic rings. The van der Waals surface area contributed by atoms with E-state index in [4.69, 9.17) is 11.6 Å². The molecular weight excluding hydrogens is 350 g/mol. The molecule has 26 heavy (non-hydrogen) atoms. The largest absolute Gasteiger partial charge is 0.343 e. The number of urea groups is 1. The summed E-state index contributed by atoms with van der Waals surface area (Å²) in [6, 6.07) is 14.2. The van der Waals surface area contributed by atoms with E-state index >= 15 is 0 Å². The Kier molecular flexibility index (Phi) is 6.12. The van der Waals surface area contributed by atoms with E-state index in [0.717, 1.165) is 31.5 Å². The number of amides is 3. The van der Waals surface area contributed by atoms with Crippen molar-refractivity contribution in [3.05, 3.63) is 59.1 Å². The van der Waals surface area contributed by atoms with Crippen molar-refractivity contribution in [1.82, 2.24) is 4.90 Å². The summed E-state index contributed by atoms with van der Waals surface area (Å²) in [7, 11) is 0. The molecule has 0 spiro atoms. The Hall–Kier alpha value is -2.53. The van der Waals surface area contributed by atoms with E-state index in [1.807, 2.05) is 29.2 Å². The average molecular weight is 372 g/mol. The fourth-order valence-corrected chi connectivity index (χ4v) is 3.18. The van der Waals surface area contributed by atoms with Gasteiger partial charge in [-0.2, -0.15) is 0 Å². The molecule has 3 amide bonds. The van der Waals surface area contributed by atoms with Crippen LogP contribution >= 0.6 is 11.6 Å². The van der Waals surface area contributed by atoms with Gasteiger partial charge in [0.1, 0.15) is 0 Å². The minimum atomic E-state index is -0.329. The van der Waals surface area contributed by atoms with Crippen LogP contribution in [-0.2, 0) is 11.2 Å². The molecule has 3 rings (SSSR count). The molecule has 2 N–H and O–H groups in total. The van der Waals surface area contributed by atoms with Crippen molar-refractivity contribution in [3.63, 3.8) is 0 Å². The van der Waals surface area contributed by atoms with E-state index in [1.165, 1.54) is 0 Å². The van der Waals surface area contributed by atoms with Crippen molar-refractivity contribution < 1.29 is 9.59 Å². The molecule has 1 aliphatic rings. The van der Waals surface area contributed by atoms with Gasteiger partial charge in [0, 0.05) is 35.9 Å². The Morgan fingerprint density at radius 3 is 2.35 bits per heavy atom. The molecule has 1 heterocycles. The van der Waals surface area contributed by atoms with Crippen molar-refractivity contribution in [2.24, 2.45) is 0 Å². The number of anilines is 2. The minimum Gasteiger partial charge on any atom is -0.343 e.